The molecule has 2 unspecified atom stereocenters. The van der Waals surface area contributed by atoms with Gasteiger partial charge in [-0.25, -0.2) is 9.59 Å². The number of aliphatic hydroxyl groups is 2. The first kappa shape index (κ1) is 14.1. The first-order valence-electron chi connectivity index (χ1n) is 5.13. The zero-order chi connectivity index (χ0) is 13.7. The largest absolute Gasteiger partial charge is 0.467 e. The minimum absolute atomic E-state index is 0.224. The van der Waals surface area contributed by atoms with Crippen LogP contribution in [0, 0.1) is 0 Å². The van der Waals surface area contributed by atoms with E-state index in [9.17, 15) is 19.8 Å². The van der Waals surface area contributed by atoms with E-state index >= 15 is 0 Å². The van der Waals surface area contributed by atoms with Gasteiger partial charge in [0.05, 0.1) is 14.2 Å². The summed E-state index contributed by atoms with van der Waals surface area (Å²) in [5.41, 5.74) is 0.449. The molecular formula is C12H14O6. The summed E-state index contributed by atoms with van der Waals surface area (Å²) < 4.78 is 8.78. The van der Waals surface area contributed by atoms with E-state index in [4.69, 9.17) is 0 Å². The van der Waals surface area contributed by atoms with Crippen molar-refractivity contribution in [3.8, 4) is 0 Å². The number of esters is 2. The Morgan fingerprint density at radius 2 is 1.39 bits per heavy atom. The second-order valence-electron chi connectivity index (χ2n) is 3.52. The number of methoxy groups -OCH3 is 2. The molecule has 1 aromatic carbocycles. The Hall–Kier alpha value is -1.92. The second kappa shape index (κ2) is 6.13. The molecule has 0 aromatic heterocycles. The average Bonchev–Trinajstić information content (AvgIpc) is 2.43. The van der Waals surface area contributed by atoms with Crippen LogP contribution in [-0.4, -0.2) is 36.4 Å². The topological polar surface area (TPSA) is 93.1 Å². The number of carbonyl (C=O) groups excluding carboxylic acids is 2. The summed E-state index contributed by atoms with van der Waals surface area (Å²) in [6.45, 7) is 0. The highest BCUT2D eigenvalue weighted by atomic mass is 16.5. The molecule has 6 nitrogen and oxygen atoms in total. The lowest BCUT2D eigenvalue weighted by Crippen LogP contribution is -2.16. The maximum atomic E-state index is 11.2. The van der Waals surface area contributed by atoms with Crippen LogP contribution in [0.4, 0.5) is 0 Å². The van der Waals surface area contributed by atoms with Gasteiger partial charge in [-0.1, -0.05) is 18.2 Å². The van der Waals surface area contributed by atoms with Gasteiger partial charge in [0.25, 0.3) is 0 Å². The molecule has 0 spiro atoms. The number of hydrogen-bond donors (Lipinski definition) is 2. The average molecular weight is 254 g/mol. The summed E-state index contributed by atoms with van der Waals surface area (Å²) >= 11 is 0. The number of aliphatic hydroxyl groups excluding tert-OH is 2. The SMILES string of the molecule is COC(=O)C(O)c1cccc(C(O)C(=O)OC)c1. The van der Waals surface area contributed by atoms with Gasteiger partial charge >= 0.3 is 11.9 Å². The predicted octanol–water partition coefficient (Wildman–Crippen LogP) is 0.0994. The van der Waals surface area contributed by atoms with Crippen LogP contribution >= 0.6 is 0 Å². The van der Waals surface area contributed by atoms with E-state index in [1.807, 2.05) is 0 Å². The van der Waals surface area contributed by atoms with Crippen LogP contribution in [0.25, 0.3) is 0 Å². The molecule has 0 amide bonds. The van der Waals surface area contributed by atoms with E-state index in [1.54, 1.807) is 0 Å². The molecule has 0 aliphatic heterocycles. The van der Waals surface area contributed by atoms with Gasteiger partial charge in [-0.05, 0) is 17.2 Å². The van der Waals surface area contributed by atoms with E-state index in [2.05, 4.69) is 9.47 Å². The number of carbonyl (C=O) groups is 2. The van der Waals surface area contributed by atoms with E-state index in [0.717, 1.165) is 14.2 Å². The molecule has 98 valence electrons. The molecule has 6 heteroatoms. The highest BCUT2D eigenvalue weighted by molar-refractivity contribution is 5.78. The summed E-state index contributed by atoms with van der Waals surface area (Å²) in [7, 11) is 2.30. The van der Waals surface area contributed by atoms with Crippen LogP contribution in [0.2, 0.25) is 0 Å². The molecule has 0 saturated heterocycles. The van der Waals surface area contributed by atoms with E-state index in [-0.39, 0.29) is 11.1 Å². The van der Waals surface area contributed by atoms with Crippen LogP contribution in [0.15, 0.2) is 24.3 Å². The van der Waals surface area contributed by atoms with Gasteiger partial charge in [-0.2, -0.15) is 0 Å². The minimum atomic E-state index is -1.46. The maximum absolute atomic E-state index is 11.2. The maximum Gasteiger partial charge on any atom is 0.339 e. The first-order valence-corrected chi connectivity index (χ1v) is 5.13. The Morgan fingerprint density at radius 3 is 1.72 bits per heavy atom. The van der Waals surface area contributed by atoms with Crippen LogP contribution in [0.1, 0.15) is 23.3 Å². The Labute approximate surface area is 104 Å². The minimum Gasteiger partial charge on any atom is -0.467 e. The van der Waals surface area contributed by atoms with E-state index in [0.29, 0.717) is 0 Å². The van der Waals surface area contributed by atoms with E-state index in [1.165, 1.54) is 24.3 Å². The normalized spacial score (nSPS) is 13.6. The van der Waals surface area contributed by atoms with Crippen molar-refractivity contribution in [2.75, 3.05) is 14.2 Å². The van der Waals surface area contributed by atoms with Crippen molar-refractivity contribution in [3.05, 3.63) is 35.4 Å². The molecule has 0 aliphatic carbocycles. The predicted molar refractivity (Wildman–Crippen MR) is 60.4 cm³/mol. The van der Waals surface area contributed by atoms with Crippen molar-refractivity contribution in [1.29, 1.82) is 0 Å². The van der Waals surface area contributed by atoms with Gasteiger partial charge < -0.3 is 19.7 Å². The van der Waals surface area contributed by atoms with Crippen molar-refractivity contribution in [2.24, 2.45) is 0 Å². The van der Waals surface area contributed by atoms with Crippen LogP contribution < -0.4 is 0 Å². The highest BCUT2D eigenvalue weighted by Gasteiger charge is 2.22. The third-order valence-corrected chi connectivity index (χ3v) is 2.39. The van der Waals surface area contributed by atoms with Crippen molar-refractivity contribution in [3.63, 3.8) is 0 Å². The smallest absolute Gasteiger partial charge is 0.339 e. The van der Waals surface area contributed by atoms with Gasteiger partial charge in [-0.3, -0.25) is 0 Å². The fraction of sp³-hybridized carbons (Fsp3) is 0.333. The van der Waals surface area contributed by atoms with Crippen molar-refractivity contribution in [1.82, 2.24) is 0 Å². The molecule has 1 aromatic rings. The first-order chi connectivity index (χ1) is 8.51. The molecule has 18 heavy (non-hydrogen) atoms. The molecular weight excluding hydrogens is 240 g/mol. The number of benzene rings is 1. The Balaban J connectivity index is 2.99. The van der Waals surface area contributed by atoms with Gasteiger partial charge in [-0.15, -0.1) is 0 Å². The lowest BCUT2D eigenvalue weighted by atomic mass is 10.0. The third-order valence-electron chi connectivity index (χ3n) is 2.39. The molecule has 1 rings (SSSR count). The standard InChI is InChI=1S/C12H14O6/c1-17-11(15)9(13)7-4-3-5-8(6-7)10(14)12(16)18-2/h3-6,9-10,13-14H,1-2H3. The Bertz CT molecular complexity index is 405. The quantitative estimate of drug-likeness (QED) is 0.740. The van der Waals surface area contributed by atoms with Gasteiger partial charge in [0.2, 0.25) is 0 Å². The van der Waals surface area contributed by atoms with Gasteiger partial charge in [0.15, 0.2) is 12.2 Å². The summed E-state index contributed by atoms with van der Waals surface area (Å²) in [6.07, 6.45) is -2.92. The fourth-order valence-electron chi connectivity index (χ4n) is 1.39. The van der Waals surface area contributed by atoms with Gasteiger partial charge in [0.1, 0.15) is 0 Å². The second-order valence-corrected chi connectivity index (χ2v) is 3.52. The Morgan fingerprint density at radius 1 is 1.00 bits per heavy atom. The number of ether oxygens (including phenoxy) is 2. The monoisotopic (exact) mass is 254 g/mol. The molecule has 0 saturated carbocycles. The van der Waals surface area contributed by atoms with E-state index < -0.39 is 24.1 Å². The van der Waals surface area contributed by atoms with Crippen molar-refractivity contribution >= 4 is 11.9 Å². The molecule has 0 heterocycles. The number of hydrogen-bond acceptors (Lipinski definition) is 6. The molecule has 0 fully saturated rings. The molecule has 0 aliphatic rings. The molecule has 2 atom stereocenters. The summed E-state index contributed by atoms with van der Waals surface area (Å²) in [6, 6.07) is 5.80. The van der Waals surface area contributed by atoms with Gasteiger partial charge in [0, 0.05) is 0 Å². The highest BCUT2D eigenvalue weighted by Crippen LogP contribution is 2.20. The lowest BCUT2D eigenvalue weighted by Gasteiger charge is -2.12. The zero-order valence-corrected chi connectivity index (χ0v) is 9.99. The third kappa shape index (κ3) is 3.06. The molecule has 0 radical (unpaired) electrons. The molecule has 0 bridgehead atoms. The summed E-state index contributed by atoms with van der Waals surface area (Å²) in [4.78, 5) is 22.3. The number of rotatable bonds is 4. The van der Waals surface area contributed by atoms with Crippen LogP contribution in [-0.2, 0) is 19.1 Å². The zero-order valence-electron chi connectivity index (χ0n) is 9.99. The van der Waals surface area contributed by atoms with Crippen LogP contribution in [0.5, 0.6) is 0 Å². The molecule has 2 N–H and O–H groups in total. The van der Waals surface area contributed by atoms with Crippen molar-refractivity contribution in [2.45, 2.75) is 12.2 Å². The fourth-order valence-corrected chi connectivity index (χ4v) is 1.39. The summed E-state index contributed by atoms with van der Waals surface area (Å²) in [5, 5.41) is 19.2. The lowest BCUT2D eigenvalue weighted by molar-refractivity contribution is -0.151. The van der Waals surface area contributed by atoms with Crippen LogP contribution in [0.3, 0.4) is 0 Å². The summed E-state index contributed by atoms with van der Waals surface area (Å²) in [5.74, 6) is -1.64. The Kier molecular flexibility index (Phi) is 4.82. The van der Waals surface area contributed by atoms with Crippen molar-refractivity contribution < 1.29 is 29.3 Å².